The van der Waals surface area contributed by atoms with E-state index in [4.69, 9.17) is 22.3 Å². The number of aromatic nitrogens is 4. The molecular formula is C16H28N8O3. The van der Waals surface area contributed by atoms with Crippen molar-refractivity contribution in [1.82, 2.24) is 18.7 Å². The maximum absolute atomic E-state index is 11.6. The molecule has 2 aliphatic rings. The average Bonchev–Trinajstić information content (AvgIpc) is 3.34. The lowest BCUT2D eigenvalue weighted by molar-refractivity contribution is 0.293. The predicted octanol–water partition coefficient (Wildman–Crippen LogP) is -1.67. The Balaban J connectivity index is 0.000000156. The topological polar surface area (TPSA) is 155 Å². The molecule has 150 valence electrons. The van der Waals surface area contributed by atoms with Crippen molar-refractivity contribution in [2.75, 3.05) is 37.1 Å². The zero-order valence-corrected chi connectivity index (χ0v) is 15.8. The van der Waals surface area contributed by atoms with Crippen LogP contribution in [0.3, 0.4) is 0 Å². The molecule has 0 spiro atoms. The van der Waals surface area contributed by atoms with Crippen molar-refractivity contribution in [3.8, 4) is 0 Å². The van der Waals surface area contributed by atoms with Gasteiger partial charge in [-0.05, 0) is 6.42 Å². The van der Waals surface area contributed by atoms with Crippen molar-refractivity contribution >= 4 is 17.2 Å². The van der Waals surface area contributed by atoms with Crippen LogP contribution in [-0.2, 0) is 26.1 Å². The molecule has 2 aromatic heterocycles. The Bertz CT molecular complexity index is 948. The Morgan fingerprint density at radius 2 is 1.67 bits per heavy atom. The van der Waals surface area contributed by atoms with E-state index in [1.165, 1.54) is 0 Å². The third kappa shape index (κ3) is 3.02. The highest BCUT2D eigenvalue weighted by molar-refractivity contribution is 5.62. The van der Waals surface area contributed by atoms with Gasteiger partial charge in [0.05, 0.1) is 11.9 Å². The van der Waals surface area contributed by atoms with E-state index in [2.05, 4.69) is 0 Å². The fourth-order valence-electron chi connectivity index (χ4n) is 3.84. The summed E-state index contributed by atoms with van der Waals surface area (Å²) in [4.78, 5) is 25.0. The summed E-state index contributed by atoms with van der Waals surface area (Å²) in [5.41, 5.74) is 18.2. The highest BCUT2D eigenvalue weighted by atomic mass is 16.3. The van der Waals surface area contributed by atoms with Gasteiger partial charge in [0, 0.05) is 53.2 Å². The molecule has 2 aromatic rings. The molecule has 7 N–H and O–H groups in total. The average molecular weight is 380 g/mol. The van der Waals surface area contributed by atoms with Gasteiger partial charge in [-0.3, -0.25) is 19.0 Å². The minimum Gasteiger partial charge on any atom is -0.396 e. The molecule has 0 bridgehead atoms. The molecule has 27 heavy (non-hydrogen) atoms. The first kappa shape index (κ1) is 19.1. The molecular weight excluding hydrogens is 352 g/mol. The molecule has 0 amide bonds. The maximum Gasteiger partial charge on any atom is 0.292 e. The predicted molar refractivity (Wildman–Crippen MR) is 104 cm³/mol. The van der Waals surface area contributed by atoms with Gasteiger partial charge < -0.3 is 27.2 Å². The summed E-state index contributed by atoms with van der Waals surface area (Å²) >= 11 is 0. The molecule has 2 aliphatic heterocycles. The van der Waals surface area contributed by atoms with Gasteiger partial charge in [0.25, 0.3) is 11.1 Å². The van der Waals surface area contributed by atoms with Gasteiger partial charge in [-0.1, -0.05) is 0 Å². The first-order valence-electron chi connectivity index (χ1n) is 9.02. The van der Waals surface area contributed by atoms with E-state index in [0.717, 1.165) is 31.7 Å². The van der Waals surface area contributed by atoms with Crippen LogP contribution in [0.1, 0.15) is 24.7 Å². The Labute approximate surface area is 156 Å². The third-order valence-electron chi connectivity index (χ3n) is 5.02. The number of aliphatic hydroxyl groups excluding tert-OH is 1. The minimum absolute atomic E-state index is 0.0274. The standard InChI is InChI=1S/C8H14N4O2.C8H14N4O/c9-6-1-3-11-8(14)7(10)5(2-4-13)12(6)11;1-10(2)7-6(9)8(13)12-5-3-4-11(7)12/h6,13H,1-4,9-10H2;3-5,9H2,1-2H3. The Hall–Kier alpha value is -2.66. The number of fused-ring (bicyclic) bond motifs is 2. The summed E-state index contributed by atoms with van der Waals surface area (Å²) in [5, 5.41) is 8.85. The summed E-state index contributed by atoms with van der Waals surface area (Å²) in [6, 6.07) is 0. The van der Waals surface area contributed by atoms with Crippen LogP contribution in [0.15, 0.2) is 9.59 Å². The quantitative estimate of drug-likeness (QED) is 0.496. The van der Waals surface area contributed by atoms with Crippen LogP contribution in [0.25, 0.3) is 0 Å². The van der Waals surface area contributed by atoms with Crippen molar-refractivity contribution in [3.63, 3.8) is 0 Å². The lowest BCUT2D eigenvalue weighted by Gasteiger charge is -2.14. The largest absolute Gasteiger partial charge is 0.396 e. The van der Waals surface area contributed by atoms with E-state index in [0.29, 0.717) is 24.3 Å². The zero-order valence-electron chi connectivity index (χ0n) is 15.8. The van der Waals surface area contributed by atoms with Crippen LogP contribution in [0.2, 0.25) is 0 Å². The highest BCUT2D eigenvalue weighted by Crippen LogP contribution is 2.22. The van der Waals surface area contributed by atoms with E-state index < -0.39 is 0 Å². The van der Waals surface area contributed by atoms with Crippen molar-refractivity contribution in [1.29, 1.82) is 0 Å². The van der Waals surface area contributed by atoms with Crippen molar-refractivity contribution in [2.45, 2.75) is 45.1 Å². The Morgan fingerprint density at radius 3 is 2.30 bits per heavy atom. The van der Waals surface area contributed by atoms with Gasteiger partial charge in [-0.2, -0.15) is 0 Å². The van der Waals surface area contributed by atoms with Gasteiger partial charge in [-0.15, -0.1) is 0 Å². The van der Waals surface area contributed by atoms with Crippen LogP contribution >= 0.6 is 0 Å². The summed E-state index contributed by atoms with van der Waals surface area (Å²) in [7, 11) is 3.80. The number of nitrogens with zero attached hydrogens (tertiary/aromatic N) is 5. The molecule has 11 nitrogen and oxygen atoms in total. The van der Waals surface area contributed by atoms with Crippen LogP contribution in [0.4, 0.5) is 17.2 Å². The SMILES string of the molecule is CN(C)c1c(N)c(=O)n2n1CCC2.Nc1c(CCO)n2n(c1=O)CCC2N. The van der Waals surface area contributed by atoms with Gasteiger partial charge in [-0.25, -0.2) is 9.36 Å². The minimum atomic E-state index is -0.193. The molecule has 4 heterocycles. The smallest absolute Gasteiger partial charge is 0.292 e. The summed E-state index contributed by atoms with van der Waals surface area (Å²) < 4.78 is 6.92. The van der Waals surface area contributed by atoms with Crippen molar-refractivity contribution in [3.05, 3.63) is 26.4 Å². The number of nitrogen functional groups attached to an aromatic ring is 2. The maximum atomic E-state index is 11.6. The van der Waals surface area contributed by atoms with Crippen LogP contribution in [-0.4, -0.2) is 44.5 Å². The molecule has 4 rings (SSSR count). The van der Waals surface area contributed by atoms with Gasteiger partial charge in [0.15, 0.2) is 5.82 Å². The first-order chi connectivity index (χ1) is 12.8. The molecule has 0 radical (unpaired) electrons. The lowest BCUT2D eigenvalue weighted by atomic mass is 10.2. The van der Waals surface area contributed by atoms with E-state index in [9.17, 15) is 9.59 Å². The third-order valence-corrected chi connectivity index (χ3v) is 5.02. The van der Waals surface area contributed by atoms with E-state index in [1.807, 2.05) is 23.7 Å². The lowest BCUT2D eigenvalue weighted by Crippen LogP contribution is -2.22. The molecule has 0 saturated carbocycles. The normalized spacial score (nSPS) is 17.4. The number of aliphatic hydroxyl groups is 1. The zero-order chi connectivity index (χ0) is 19.9. The number of rotatable bonds is 3. The molecule has 0 aliphatic carbocycles. The fourth-order valence-corrected chi connectivity index (χ4v) is 3.84. The second-order valence-corrected chi connectivity index (χ2v) is 7.00. The Morgan fingerprint density at radius 1 is 1.04 bits per heavy atom. The van der Waals surface area contributed by atoms with E-state index in [-0.39, 0.29) is 29.6 Å². The van der Waals surface area contributed by atoms with Crippen LogP contribution in [0.5, 0.6) is 0 Å². The molecule has 1 unspecified atom stereocenters. The number of hydrogen-bond acceptors (Lipinski definition) is 7. The summed E-state index contributed by atoms with van der Waals surface area (Å²) in [5.74, 6) is 0.836. The number of hydrogen-bond donors (Lipinski definition) is 4. The molecule has 1 atom stereocenters. The van der Waals surface area contributed by atoms with Crippen molar-refractivity contribution in [2.24, 2.45) is 5.73 Å². The van der Waals surface area contributed by atoms with Gasteiger partial charge >= 0.3 is 0 Å². The monoisotopic (exact) mass is 380 g/mol. The van der Waals surface area contributed by atoms with Crippen molar-refractivity contribution < 1.29 is 5.11 Å². The van der Waals surface area contributed by atoms with Crippen LogP contribution < -0.4 is 33.2 Å². The van der Waals surface area contributed by atoms with Gasteiger partial charge in [0.1, 0.15) is 11.4 Å². The summed E-state index contributed by atoms with van der Waals surface area (Å²) in [6.45, 7) is 2.26. The molecule has 0 fully saturated rings. The first-order valence-corrected chi connectivity index (χ1v) is 9.02. The second kappa shape index (κ2) is 7.16. The second-order valence-electron chi connectivity index (χ2n) is 7.00. The van der Waals surface area contributed by atoms with Crippen LogP contribution in [0, 0.1) is 0 Å². The molecule has 11 heteroatoms. The highest BCUT2D eigenvalue weighted by Gasteiger charge is 2.26. The van der Waals surface area contributed by atoms with E-state index >= 15 is 0 Å². The Kier molecular flexibility index (Phi) is 5.07. The molecule has 0 saturated heterocycles. The fraction of sp³-hybridized carbons (Fsp3) is 0.625. The summed E-state index contributed by atoms with van der Waals surface area (Å²) in [6.07, 6.45) is 1.95. The number of nitrogens with two attached hydrogens (primary N) is 3. The van der Waals surface area contributed by atoms with E-state index in [1.54, 1.807) is 14.0 Å². The molecule has 0 aromatic carbocycles. The number of anilines is 3. The van der Waals surface area contributed by atoms with Gasteiger partial charge in [0.2, 0.25) is 0 Å².